The summed E-state index contributed by atoms with van der Waals surface area (Å²) in [5.74, 6) is -0.700. The van der Waals surface area contributed by atoms with Gasteiger partial charge in [-0.1, -0.05) is 26.0 Å². The second-order valence-corrected chi connectivity index (χ2v) is 10.5. The van der Waals surface area contributed by atoms with Crippen molar-refractivity contribution in [2.75, 3.05) is 31.3 Å². The van der Waals surface area contributed by atoms with Crippen LogP contribution in [0.3, 0.4) is 0 Å². The Kier molecular flexibility index (Phi) is 8.81. The number of aryl methyl sites for hydroxylation is 2. The molecule has 4 aromatic rings. The lowest BCUT2D eigenvalue weighted by molar-refractivity contribution is -0.116. The Morgan fingerprint density at radius 3 is 2.33 bits per heavy atom. The van der Waals surface area contributed by atoms with Gasteiger partial charge in [-0.2, -0.15) is 0 Å². The van der Waals surface area contributed by atoms with Crippen molar-refractivity contribution in [1.29, 1.82) is 0 Å². The van der Waals surface area contributed by atoms with Gasteiger partial charge in [0.15, 0.2) is 0 Å². The van der Waals surface area contributed by atoms with Crippen LogP contribution in [0.15, 0.2) is 56.8 Å². The summed E-state index contributed by atoms with van der Waals surface area (Å²) in [5.41, 5.74) is 0.359. The number of benzene rings is 2. The molecule has 0 spiro atoms. The summed E-state index contributed by atoms with van der Waals surface area (Å²) in [5, 5.41) is 5.87. The molecule has 10 nitrogen and oxygen atoms in total. The fraction of sp³-hybridized carbons (Fsp3) is 0.355. The second kappa shape index (κ2) is 12.2. The molecule has 0 saturated heterocycles. The van der Waals surface area contributed by atoms with Crippen LogP contribution in [0.25, 0.3) is 16.6 Å². The van der Waals surface area contributed by atoms with Crippen molar-refractivity contribution in [2.24, 2.45) is 7.05 Å². The van der Waals surface area contributed by atoms with Gasteiger partial charge in [-0.05, 0) is 76.7 Å². The summed E-state index contributed by atoms with van der Waals surface area (Å²) in [6, 6.07) is 11.0. The number of carbonyl (C=O) groups is 1. The van der Waals surface area contributed by atoms with Gasteiger partial charge in [-0.25, -0.2) is 9.18 Å². The van der Waals surface area contributed by atoms with E-state index < -0.39 is 22.6 Å². The number of rotatable bonds is 7. The predicted molar refractivity (Wildman–Crippen MR) is 165 cm³/mol. The lowest BCUT2D eigenvalue weighted by Gasteiger charge is -2.21. The molecule has 5 rings (SSSR count). The highest BCUT2D eigenvalue weighted by molar-refractivity contribution is 5.94. The first-order valence-electron chi connectivity index (χ1n) is 14.0. The molecule has 42 heavy (non-hydrogen) atoms. The number of carbonyl (C=O) groups excluding carboxylic acids is 1. The van der Waals surface area contributed by atoms with E-state index in [1.54, 1.807) is 63.2 Å². The first-order valence-corrected chi connectivity index (χ1v) is 14.0. The summed E-state index contributed by atoms with van der Waals surface area (Å²) in [6.07, 6.45) is 1.34. The van der Waals surface area contributed by atoms with Crippen LogP contribution in [0.5, 0.6) is 0 Å². The molecule has 2 N–H and O–H groups in total. The fourth-order valence-electron chi connectivity index (χ4n) is 4.91. The maximum atomic E-state index is 14.9. The zero-order valence-corrected chi connectivity index (χ0v) is 25.0. The second-order valence-electron chi connectivity index (χ2n) is 10.5. The zero-order valence-electron chi connectivity index (χ0n) is 25.0. The number of amides is 1. The van der Waals surface area contributed by atoms with Crippen molar-refractivity contribution in [3.8, 4) is 5.69 Å². The minimum absolute atomic E-state index is 0.0805. The van der Waals surface area contributed by atoms with Crippen LogP contribution in [0.4, 0.5) is 21.6 Å². The summed E-state index contributed by atoms with van der Waals surface area (Å²) in [4.78, 5) is 55.4. The van der Waals surface area contributed by atoms with Gasteiger partial charge in [0.05, 0.1) is 23.4 Å². The molecule has 0 unspecified atom stereocenters. The molecular formula is C31H37FN6O4. The quantitative estimate of drug-likeness (QED) is 0.341. The molecule has 1 aliphatic rings. The van der Waals surface area contributed by atoms with E-state index in [-0.39, 0.29) is 46.5 Å². The van der Waals surface area contributed by atoms with Crippen LogP contribution >= 0.6 is 0 Å². The van der Waals surface area contributed by atoms with Gasteiger partial charge in [0.1, 0.15) is 17.0 Å². The Labute approximate surface area is 243 Å². The third-order valence-electron chi connectivity index (χ3n) is 6.98. The first kappa shape index (κ1) is 30.4. The summed E-state index contributed by atoms with van der Waals surface area (Å²) >= 11 is 0. The lowest BCUT2D eigenvalue weighted by Crippen LogP contribution is -2.41. The van der Waals surface area contributed by atoms with Gasteiger partial charge >= 0.3 is 5.69 Å². The SMILES string of the molecule is CC.Cc1ccc(Nc2c3c(=O)n(C4CC4)c(=O)n(-c4cccc(NC(=O)CN(C)C)c4)c3c(C)c(=O)n2C)c(F)c1. The summed E-state index contributed by atoms with van der Waals surface area (Å²) in [6.45, 7) is 7.48. The molecule has 2 heterocycles. The minimum atomic E-state index is -0.583. The van der Waals surface area contributed by atoms with E-state index in [0.717, 1.165) is 0 Å². The van der Waals surface area contributed by atoms with Crippen LogP contribution in [0.2, 0.25) is 0 Å². The Balaban J connectivity index is 0.00000198. The van der Waals surface area contributed by atoms with E-state index in [0.29, 0.717) is 29.8 Å². The molecule has 0 atom stereocenters. The summed E-state index contributed by atoms with van der Waals surface area (Å²) < 4.78 is 18.7. The van der Waals surface area contributed by atoms with Gasteiger partial charge in [-0.3, -0.25) is 28.1 Å². The standard InChI is InChI=1S/C29H31FN6O4.C2H6/c1-16-9-12-22(21(30)13-16)32-26-24-25(17(2)27(38)34(26)5)35(29(40)36(28(24)39)19-10-11-19)20-8-6-7-18(14-20)31-23(37)15-33(3)4;1-2/h6-9,12-14,19,32H,10-11,15H2,1-5H3,(H,31,37);1-2H3. The van der Waals surface area contributed by atoms with Crippen molar-refractivity contribution in [1.82, 2.24) is 18.6 Å². The number of anilines is 3. The fourth-order valence-corrected chi connectivity index (χ4v) is 4.91. The maximum absolute atomic E-state index is 14.9. The highest BCUT2D eigenvalue weighted by Crippen LogP contribution is 2.34. The van der Waals surface area contributed by atoms with Gasteiger partial charge in [-0.15, -0.1) is 0 Å². The van der Waals surface area contributed by atoms with E-state index in [1.807, 2.05) is 13.8 Å². The third kappa shape index (κ3) is 5.78. The highest BCUT2D eigenvalue weighted by atomic mass is 19.1. The van der Waals surface area contributed by atoms with Crippen molar-refractivity contribution in [3.05, 3.63) is 90.6 Å². The van der Waals surface area contributed by atoms with Crippen molar-refractivity contribution in [2.45, 2.75) is 46.6 Å². The van der Waals surface area contributed by atoms with Crippen LogP contribution in [-0.2, 0) is 11.8 Å². The van der Waals surface area contributed by atoms with Gasteiger partial charge in [0.2, 0.25) is 5.91 Å². The average Bonchev–Trinajstić information content (AvgIpc) is 3.77. The Hall–Kier alpha value is -4.51. The predicted octanol–water partition coefficient (Wildman–Crippen LogP) is 4.21. The van der Waals surface area contributed by atoms with Crippen molar-refractivity contribution >= 4 is 34.0 Å². The van der Waals surface area contributed by atoms with E-state index in [9.17, 15) is 23.6 Å². The molecule has 1 fully saturated rings. The molecule has 1 aliphatic carbocycles. The molecule has 0 aliphatic heterocycles. The number of pyridine rings is 1. The van der Waals surface area contributed by atoms with E-state index in [2.05, 4.69) is 10.6 Å². The van der Waals surface area contributed by atoms with Gasteiger partial charge in [0.25, 0.3) is 11.1 Å². The highest BCUT2D eigenvalue weighted by Gasteiger charge is 2.31. The molecule has 0 radical (unpaired) electrons. The normalized spacial score (nSPS) is 12.7. The largest absolute Gasteiger partial charge is 0.338 e. The lowest BCUT2D eigenvalue weighted by atomic mass is 10.1. The van der Waals surface area contributed by atoms with Crippen LogP contribution in [-0.4, -0.2) is 45.1 Å². The Morgan fingerprint density at radius 1 is 1.02 bits per heavy atom. The van der Waals surface area contributed by atoms with Crippen LogP contribution in [0.1, 0.15) is 43.9 Å². The number of hydrogen-bond donors (Lipinski definition) is 2. The number of nitrogens with zero attached hydrogens (tertiary/aromatic N) is 4. The molecule has 1 amide bonds. The molecule has 11 heteroatoms. The van der Waals surface area contributed by atoms with Crippen LogP contribution in [0, 0.1) is 19.7 Å². The number of hydrogen-bond acceptors (Lipinski definition) is 6. The Bertz CT molecular complexity index is 1850. The topological polar surface area (TPSA) is 110 Å². The third-order valence-corrected chi connectivity index (χ3v) is 6.98. The van der Waals surface area contributed by atoms with Gasteiger partial charge in [0, 0.05) is 24.3 Å². The minimum Gasteiger partial charge on any atom is -0.338 e. The molecule has 0 bridgehead atoms. The zero-order chi connectivity index (χ0) is 30.9. The van der Waals surface area contributed by atoms with E-state index >= 15 is 0 Å². The number of aromatic nitrogens is 3. The first-order chi connectivity index (χ1) is 20.0. The number of likely N-dealkylation sites (N-methyl/N-ethyl adjacent to an activating group) is 1. The number of halogens is 1. The molecule has 2 aromatic carbocycles. The van der Waals surface area contributed by atoms with Crippen molar-refractivity contribution < 1.29 is 9.18 Å². The van der Waals surface area contributed by atoms with Crippen molar-refractivity contribution in [3.63, 3.8) is 0 Å². The monoisotopic (exact) mass is 576 g/mol. The van der Waals surface area contributed by atoms with E-state index in [1.165, 1.54) is 32.9 Å². The van der Waals surface area contributed by atoms with Gasteiger partial charge < -0.3 is 15.5 Å². The molecule has 2 aromatic heterocycles. The average molecular weight is 577 g/mol. The summed E-state index contributed by atoms with van der Waals surface area (Å²) in [7, 11) is 5.06. The molecular weight excluding hydrogens is 539 g/mol. The Morgan fingerprint density at radius 2 is 1.71 bits per heavy atom. The smallest absolute Gasteiger partial charge is 0.336 e. The molecule has 1 saturated carbocycles. The number of fused-ring (bicyclic) bond motifs is 1. The number of nitrogens with one attached hydrogen (secondary N) is 2. The van der Waals surface area contributed by atoms with E-state index in [4.69, 9.17) is 0 Å². The van der Waals surface area contributed by atoms with Crippen LogP contribution < -0.4 is 27.4 Å². The molecule has 222 valence electrons. The maximum Gasteiger partial charge on any atom is 0.336 e.